The first-order chi connectivity index (χ1) is 6.99. The SMILES string of the molecule is CC(/N=N/C(C)(C)Cl)C1CCCCCC1. The number of alkyl halides is 1. The zero-order valence-corrected chi connectivity index (χ0v) is 10.9. The van der Waals surface area contributed by atoms with Crippen molar-refractivity contribution in [3.8, 4) is 0 Å². The monoisotopic (exact) mass is 230 g/mol. The van der Waals surface area contributed by atoms with Gasteiger partial charge < -0.3 is 0 Å². The molecule has 88 valence electrons. The zero-order chi connectivity index (χ0) is 11.3. The van der Waals surface area contributed by atoms with Crippen molar-refractivity contribution in [3.63, 3.8) is 0 Å². The van der Waals surface area contributed by atoms with Crippen LogP contribution in [-0.4, -0.2) is 11.0 Å². The van der Waals surface area contributed by atoms with Crippen molar-refractivity contribution in [2.45, 2.75) is 70.3 Å². The first-order valence-corrected chi connectivity index (χ1v) is 6.48. The molecule has 0 aromatic heterocycles. The number of hydrogen-bond acceptors (Lipinski definition) is 2. The summed E-state index contributed by atoms with van der Waals surface area (Å²) >= 11 is 5.99. The van der Waals surface area contributed by atoms with E-state index in [0.29, 0.717) is 6.04 Å². The van der Waals surface area contributed by atoms with E-state index in [1.807, 2.05) is 13.8 Å². The Morgan fingerprint density at radius 2 is 1.67 bits per heavy atom. The molecule has 1 unspecified atom stereocenters. The lowest BCUT2D eigenvalue weighted by atomic mass is 9.94. The third-order valence-electron chi connectivity index (χ3n) is 3.06. The molecule has 0 bridgehead atoms. The minimum Gasteiger partial charge on any atom is -0.189 e. The molecule has 0 aromatic carbocycles. The fourth-order valence-corrected chi connectivity index (χ4v) is 2.16. The minimum atomic E-state index is -0.543. The topological polar surface area (TPSA) is 24.7 Å². The van der Waals surface area contributed by atoms with Gasteiger partial charge in [0.05, 0.1) is 6.04 Å². The normalized spacial score (nSPS) is 22.9. The second-order valence-electron chi connectivity index (χ2n) is 5.12. The van der Waals surface area contributed by atoms with Crippen LogP contribution in [-0.2, 0) is 0 Å². The zero-order valence-electron chi connectivity index (χ0n) is 10.2. The fourth-order valence-electron chi connectivity index (χ4n) is 2.12. The average Bonchev–Trinajstić information content (AvgIpc) is 2.41. The second-order valence-corrected chi connectivity index (χ2v) is 6.04. The Kier molecular flexibility index (Phi) is 5.04. The van der Waals surface area contributed by atoms with Gasteiger partial charge in [-0.3, -0.25) is 0 Å². The van der Waals surface area contributed by atoms with Crippen LogP contribution in [0.4, 0.5) is 0 Å². The first-order valence-electron chi connectivity index (χ1n) is 6.10. The first kappa shape index (κ1) is 13.0. The molecule has 0 radical (unpaired) electrons. The number of azo groups is 1. The van der Waals surface area contributed by atoms with Crippen LogP contribution in [0.3, 0.4) is 0 Å². The van der Waals surface area contributed by atoms with Crippen LogP contribution in [0.25, 0.3) is 0 Å². The van der Waals surface area contributed by atoms with Gasteiger partial charge in [-0.1, -0.05) is 37.3 Å². The van der Waals surface area contributed by atoms with Crippen molar-refractivity contribution in [1.29, 1.82) is 0 Å². The molecule has 3 heteroatoms. The van der Waals surface area contributed by atoms with Gasteiger partial charge in [0.1, 0.15) is 5.00 Å². The highest BCUT2D eigenvalue weighted by Crippen LogP contribution is 2.27. The van der Waals surface area contributed by atoms with Gasteiger partial charge >= 0.3 is 0 Å². The largest absolute Gasteiger partial charge is 0.189 e. The summed E-state index contributed by atoms with van der Waals surface area (Å²) in [6.45, 7) is 5.91. The van der Waals surface area contributed by atoms with Crippen LogP contribution in [0.15, 0.2) is 10.2 Å². The van der Waals surface area contributed by atoms with Gasteiger partial charge in [-0.25, -0.2) is 0 Å². The van der Waals surface area contributed by atoms with E-state index in [1.165, 1.54) is 38.5 Å². The molecule has 15 heavy (non-hydrogen) atoms. The molecule has 1 atom stereocenters. The number of nitrogens with zero attached hydrogens (tertiary/aromatic N) is 2. The molecule has 1 fully saturated rings. The lowest BCUT2D eigenvalue weighted by Gasteiger charge is -2.18. The summed E-state index contributed by atoms with van der Waals surface area (Å²) in [4.78, 5) is -0.543. The molecule has 0 amide bonds. The molecule has 0 saturated heterocycles. The summed E-state index contributed by atoms with van der Waals surface area (Å²) in [5.74, 6) is 0.718. The van der Waals surface area contributed by atoms with Gasteiger partial charge in [-0.15, -0.1) is 0 Å². The van der Waals surface area contributed by atoms with Gasteiger partial charge in [0.15, 0.2) is 0 Å². The summed E-state index contributed by atoms with van der Waals surface area (Å²) in [5, 5.41) is 8.51. The van der Waals surface area contributed by atoms with Crippen molar-refractivity contribution in [2.75, 3.05) is 0 Å². The minimum absolute atomic E-state index is 0.334. The molecular weight excluding hydrogens is 208 g/mol. The van der Waals surface area contributed by atoms with Crippen LogP contribution in [0.2, 0.25) is 0 Å². The highest BCUT2D eigenvalue weighted by molar-refractivity contribution is 6.23. The molecule has 0 aliphatic heterocycles. The predicted octanol–water partition coefficient (Wildman–Crippen LogP) is 4.77. The number of halogens is 1. The summed E-state index contributed by atoms with van der Waals surface area (Å²) in [6, 6.07) is 0.334. The van der Waals surface area contributed by atoms with Gasteiger partial charge in [-0.05, 0) is 39.5 Å². The Morgan fingerprint density at radius 1 is 1.13 bits per heavy atom. The third kappa shape index (κ3) is 5.50. The third-order valence-corrected chi connectivity index (χ3v) is 3.14. The lowest BCUT2D eigenvalue weighted by Crippen LogP contribution is -2.15. The Bertz CT molecular complexity index is 200. The van der Waals surface area contributed by atoms with Crippen molar-refractivity contribution < 1.29 is 0 Å². The molecule has 1 saturated carbocycles. The second kappa shape index (κ2) is 5.83. The Hall–Kier alpha value is -0.110. The molecule has 1 aliphatic rings. The molecule has 0 spiro atoms. The van der Waals surface area contributed by atoms with Crippen LogP contribution in [0.1, 0.15) is 59.3 Å². The van der Waals surface area contributed by atoms with Crippen molar-refractivity contribution in [3.05, 3.63) is 0 Å². The maximum absolute atomic E-state index is 5.99. The molecule has 1 aliphatic carbocycles. The molecule has 0 N–H and O–H groups in total. The standard InChI is InChI=1S/C12H23ClN2/c1-10(14-15-12(2,3)13)11-8-6-4-5-7-9-11/h10-11H,4-9H2,1-3H3/b15-14+. The molecular formula is C12H23ClN2. The van der Waals surface area contributed by atoms with Gasteiger partial charge in [-0.2, -0.15) is 10.2 Å². The van der Waals surface area contributed by atoms with Crippen molar-refractivity contribution in [2.24, 2.45) is 16.1 Å². The molecule has 0 heterocycles. The Balaban J connectivity index is 2.44. The average molecular weight is 231 g/mol. The van der Waals surface area contributed by atoms with E-state index >= 15 is 0 Å². The van der Waals surface area contributed by atoms with Crippen molar-refractivity contribution >= 4 is 11.6 Å². The summed E-state index contributed by atoms with van der Waals surface area (Å²) in [7, 11) is 0. The van der Waals surface area contributed by atoms with Crippen LogP contribution in [0.5, 0.6) is 0 Å². The van der Waals surface area contributed by atoms with E-state index in [2.05, 4.69) is 17.2 Å². The van der Waals surface area contributed by atoms with Gasteiger partial charge in [0.2, 0.25) is 0 Å². The van der Waals surface area contributed by atoms with Gasteiger partial charge in [0.25, 0.3) is 0 Å². The quantitative estimate of drug-likeness (QED) is 0.289. The summed E-state index contributed by atoms with van der Waals surface area (Å²) in [5.41, 5.74) is 0. The predicted molar refractivity (Wildman–Crippen MR) is 65.4 cm³/mol. The van der Waals surface area contributed by atoms with E-state index in [-0.39, 0.29) is 0 Å². The summed E-state index contributed by atoms with van der Waals surface area (Å²) in [6.07, 6.45) is 8.11. The molecule has 2 nitrogen and oxygen atoms in total. The van der Waals surface area contributed by atoms with Crippen LogP contribution >= 0.6 is 11.6 Å². The Morgan fingerprint density at radius 3 is 2.13 bits per heavy atom. The number of rotatable bonds is 3. The summed E-state index contributed by atoms with van der Waals surface area (Å²) < 4.78 is 0. The molecule has 1 rings (SSSR count). The smallest absolute Gasteiger partial charge is 0.149 e. The Labute approximate surface area is 98.5 Å². The highest BCUT2D eigenvalue weighted by atomic mass is 35.5. The van der Waals surface area contributed by atoms with E-state index in [0.717, 1.165) is 5.92 Å². The van der Waals surface area contributed by atoms with Gasteiger partial charge in [0, 0.05) is 0 Å². The van der Waals surface area contributed by atoms with E-state index in [4.69, 9.17) is 11.6 Å². The van der Waals surface area contributed by atoms with Crippen molar-refractivity contribution in [1.82, 2.24) is 0 Å². The maximum atomic E-state index is 5.99. The molecule has 0 aromatic rings. The van der Waals surface area contributed by atoms with Crippen LogP contribution < -0.4 is 0 Å². The van der Waals surface area contributed by atoms with E-state index in [9.17, 15) is 0 Å². The lowest BCUT2D eigenvalue weighted by molar-refractivity contribution is 0.378. The fraction of sp³-hybridized carbons (Fsp3) is 1.00. The van der Waals surface area contributed by atoms with E-state index < -0.39 is 5.00 Å². The highest BCUT2D eigenvalue weighted by Gasteiger charge is 2.19. The number of hydrogen-bond donors (Lipinski definition) is 0. The van der Waals surface area contributed by atoms with Crippen LogP contribution in [0, 0.1) is 5.92 Å². The van der Waals surface area contributed by atoms with E-state index in [1.54, 1.807) is 0 Å². The maximum Gasteiger partial charge on any atom is 0.149 e.